The number of phenolic OH excluding ortho intramolecular Hbond substituents is 2. The molecule has 0 aliphatic rings. The average Bonchev–Trinajstić information content (AvgIpc) is 2.93. The highest BCUT2D eigenvalue weighted by Crippen LogP contribution is 2.32. The van der Waals surface area contributed by atoms with Crippen molar-refractivity contribution in [2.45, 2.75) is 9.79 Å². The lowest BCUT2D eigenvalue weighted by Crippen LogP contribution is -2.19. The maximum atomic E-state index is 12.4. The van der Waals surface area contributed by atoms with Gasteiger partial charge in [0.25, 0.3) is 20.2 Å². The van der Waals surface area contributed by atoms with Crippen LogP contribution in [0.25, 0.3) is 0 Å². The second-order valence-corrected chi connectivity index (χ2v) is 11.2. The maximum absolute atomic E-state index is 12.4. The molecule has 0 fully saturated rings. The fourth-order valence-corrected chi connectivity index (χ4v) is 4.34. The number of amides is 2. The normalized spacial score (nSPS) is 12.0. The van der Waals surface area contributed by atoms with Gasteiger partial charge >= 0.3 is 6.03 Å². The van der Waals surface area contributed by atoms with Gasteiger partial charge in [0.2, 0.25) is 0 Å². The molecule has 0 spiro atoms. The van der Waals surface area contributed by atoms with Crippen molar-refractivity contribution < 1.29 is 40.9 Å². The van der Waals surface area contributed by atoms with E-state index in [1.54, 1.807) is 0 Å². The molecule has 15 nitrogen and oxygen atoms in total. The van der Waals surface area contributed by atoms with E-state index in [-0.39, 0.29) is 55.4 Å². The highest BCUT2D eigenvalue weighted by Gasteiger charge is 2.12. The van der Waals surface area contributed by atoms with E-state index in [4.69, 9.17) is 9.11 Å². The van der Waals surface area contributed by atoms with Crippen molar-refractivity contribution in [1.82, 2.24) is 0 Å². The summed E-state index contributed by atoms with van der Waals surface area (Å²) in [6, 6.07) is 17.3. The summed E-state index contributed by atoms with van der Waals surface area (Å²) in [7, 11) is -8.83. The Morgan fingerprint density at radius 1 is 0.548 bits per heavy atom. The van der Waals surface area contributed by atoms with Gasteiger partial charge in [0, 0.05) is 12.1 Å². The van der Waals surface area contributed by atoms with Crippen LogP contribution in [-0.4, -0.2) is 42.2 Å². The van der Waals surface area contributed by atoms with Crippen LogP contribution in [0.15, 0.2) is 115 Å². The fourth-order valence-electron chi connectivity index (χ4n) is 3.30. The van der Waals surface area contributed by atoms with Crippen molar-refractivity contribution in [3.8, 4) is 11.5 Å². The molecule has 17 heteroatoms. The van der Waals surface area contributed by atoms with Crippen LogP contribution in [0.2, 0.25) is 0 Å². The van der Waals surface area contributed by atoms with Gasteiger partial charge in [0.15, 0.2) is 0 Å². The number of benzene rings is 4. The molecule has 0 heterocycles. The molecular formula is C25H20N6O9S2. The molecule has 0 radical (unpaired) electrons. The highest BCUT2D eigenvalue weighted by molar-refractivity contribution is 7.86. The Morgan fingerprint density at radius 3 is 1.24 bits per heavy atom. The summed E-state index contributed by atoms with van der Waals surface area (Å²) < 4.78 is 63.3. The summed E-state index contributed by atoms with van der Waals surface area (Å²) in [4.78, 5) is 11.7. The Kier molecular flexibility index (Phi) is 8.57. The molecule has 42 heavy (non-hydrogen) atoms. The van der Waals surface area contributed by atoms with Gasteiger partial charge in [-0.1, -0.05) is 12.1 Å². The molecule has 216 valence electrons. The third-order valence-corrected chi connectivity index (χ3v) is 6.95. The molecule has 0 aromatic heterocycles. The molecule has 0 unspecified atom stereocenters. The first-order chi connectivity index (χ1) is 19.8. The van der Waals surface area contributed by atoms with Gasteiger partial charge in [-0.15, -0.1) is 0 Å². The van der Waals surface area contributed by atoms with Crippen LogP contribution >= 0.6 is 0 Å². The van der Waals surface area contributed by atoms with Crippen molar-refractivity contribution in [3.05, 3.63) is 84.9 Å². The van der Waals surface area contributed by atoms with Crippen molar-refractivity contribution in [3.63, 3.8) is 0 Å². The molecule has 0 bridgehead atoms. The minimum atomic E-state index is -4.41. The molecule has 0 saturated carbocycles. The average molecular weight is 613 g/mol. The molecule has 4 aromatic carbocycles. The summed E-state index contributed by atoms with van der Waals surface area (Å²) in [5.41, 5.74) is 0.592. The van der Waals surface area contributed by atoms with Crippen LogP contribution in [0.1, 0.15) is 0 Å². The summed E-state index contributed by atoms with van der Waals surface area (Å²) in [6.45, 7) is 0. The summed E-state index contributed by atoms with van der Waals surface area (Å²) >= 11 is 0. The van der Waals surface area contributed by atoms with Crippen LogP contribution in [0.3, 0.4) is 0 Å². The monoisotopic (exact) mass is 612 g/mol. The zero-order valence-electron chi connectivity index (χ0n) is 21.0. The van der Waals surface area contributed by atoms with Gasteiger partial charge in [0.1, 0.15) is 11.5 Å². The number of hydrogen-bond donors (Lipinski definition) is 6. The lowest BCUT2D eigenvalue weighted by Gasteiger charge is -2.10. The van der Waals surface area contributed by atoms with Crippen LogP contribution in [0.5, 0.6) is 11.5 Å². The minimum Gasteiger partial charge on any atom is -0.506 e. The van der Waals surface area contributed by atoms with Gasteiger partial charge in [-0.3, -0.25) is 9.11 Å². The second-order valence-electron chi connectivity index (χ2n) is 8.33. The number of nitrogens with zero attached hydrogens (tertiary/aromatic N) is 4. The molecular weight excluding hydrogens is 592 g/mol. The van der Waals surface area contributed by atoms with E-state index in [0.29, 0.717) is 0 Å². The third kappa shape index (κ3) is 7.92. The standard InChI is InChI=1S/C25H20N6O9S2/c32-23-13-17(30-28-15-3-1-5-19(11-15)41(35,36)37)7-9-21(23)26-25(34)27-22-10-8-18(14-24(22)33)31-29-16-4-2-6-20(12-16)42(38,39)40/h1-14,32-33H,(H2,26,27,34)(H,35,36,37)(H,38,39,40). The Balaban J connectivity index is 1.39. The van der Waals surface area contributed by atoms with Crippen molar-refractivity contribution >= 4 is 60.4 Å². The van der Waals surface area contributed by atoms with E-state index in [0.717, 1.165) is 12.1 Å². The number of azo groups is 2. The van der Waals surface area contributed by atoms with Gasteiger partial charge in [0.05, 0.1) is 43.9 Å². The SMILES string of the molecule is O=C(Nc1ccc(N=Nc2cccc(S(=O)(=O)O)c2)cc1O)Nc1ccc(N=Nc2cccc(S(=O)(=O)O)c2)cc1O. The number of carbonyl (C=O) groups is 1. The van der Waals surface area contributed by atoms with E-state index in [2.05, 4.69) is 31.1 Å². The van der Waals surface area contributed by atoms with E-state index >= 15 is 0 Å². The van der Waals surface area contributed by atoms with Crippen LogP contribution < -0.4 is 10.6 Å². The summed E-state index contributed by atoms with van der Waals surface area (Å²) in [5, 5.41) is 40.9. The molecule has 0 atom stereocenters. The van der Waals surface area contributed by atoms with Crippen molar-refractivity contribution in [1.29, 1.82) is 0 Å². The third-order valence-electron chi connectivity index (χ3n) is 5.25. The highest BCUT2D eigenvalue weighted by atomic mass is 32.2. The second kappa shape index (κ2) is 12.1. The van der Waals surface area contributed by atoms with Crippen LogP contribution in [0, 0.1) is 0 Å². The molecule has 0 aliphatic carbocycles. The molecule has 0 saturated heterocycles. The van der Waals surface area contributed by atoms with Crippen molar-refractivity contribution in [2.24, 2.45) is 20.5 Å². The Labute approximate surface area is 238 Å². The molecule has 4 rings (SSSR count). The smallest absolute Gasteiger partial charge is 0.323 e. The van der Waals surface area contributed by atoms with Gasteiger partial charge < -0.3 is 20.8 Å². The van der Waals surface area contributed by atoms with E-state index in [1.807, 2.05) is 0 Å². The first-order valence-electron chi connectivity index (χ1n) is 11.5. The van der Waals surface area contributed by atoms with Gasteiger partial charge in [-0.05, 0) is 60.7 Å². The first kappa shape index (κ1) is 29.7. The lowest BCUT2D eigenvalue weighted by molar-refractivity contribution is 0.262. The van der Waals surface area contributed by atoms with E-state index in [1.165, 1.54) is 72.8 Å². The quantitative estimate of drug-likeness (QED) is 0.0767. The van der Waals surface area contributed by atoms with Crippen LogP contribution in [-0.2, 0) is 20.2 Å². The van der Waals surface area contributed by atoms with Crippen LogP contribution in [0.4, 0.5) is 38.9 Å². The Morgan fingerprint density at radius 2 is 0.905 bits per heavy atom. The number of urea groups is 1. The zero-order chi connectivity index (χ0) is 30.5. The minimum absolute atomic E-state index is 0.00291. The lowest BCUT2D eigenvalue weighted by atomic mass is 10.2. The number of aromatic hydroxyl groups is 2. The van der Waals surface area contributed by atoms with Crippen molar-refractivity contribution in [2.75, 3.05) is 10.6 Å². The van der Waals surface area contributed by atoms with E-state index < -0.39 is 26.3 Å². The predicted molar refractivity (Wildman–Crippen MR) is 150 cm³/mol. The first-order valence-corrected chi connectivity index (χ1v) is 14.4. The number of carbonyl (C=O) groups excluding carboxylic acids is 1. The maximum Gasteiger partial charge on any atom is 0.323 e. The predicted octanol–water partition coefficient (Wildman–Crippen LogP) is 6.07. The topological polar surface area (TPSA) is 240 Å². The number of phenols is 2. The Hall–Kier alpha value is -5.23. The molecule has 6 N–H and O–H groups in total. The molecule has 0 aliphatic heterocycles. The number of nitrogens with one attached hydrogen (secondary N) is 2. The number of anilines is 2. The summed E-state index contributed by atoms with van der Waals surface area (Å²) in [6.07, 6.45) is 0. The molecule has 4 aromatic rings. The number of hydrogen-bond acceptors (Lipinski definition) is 11. The van der Waals surface area contributed by atoms with E-state index in [9.17, 15) is 31.8 Å². The fraction of sp³-hybridized carbons (Fsp3) is 0. The molecule has 2 amide bonds. The van der Waals surface area contributed by atoms with Gasteiger partial charge in [-0.25, -0.2) is 4.79 Å². The number of rotatable bonds is 8. The summed E-state index contributed by atoms with van der Waals surface area (Å²) in [5.74, 6) is -0.738. The zero-order valence-corrected chi connectivity index (χ0v) is 22.7. The largest absolute Gasteiger partial charge is 0.506 e. The van der Waals surface area contributed by atoms with Gasteiger partial charge in [-0.2, -0.15) is 37.3 Å². The Bertz CT molecular complexity index is 1810.